The number of anilines is 2. The molecule has 7 N–H and O–H groups in total. The summed E-state index contributed by atoms with van der Waals surface area (Å²) in [6.45, 7) is 22.0. The van der Waals surface area contributed by atoms with Crippen molar-refractivity contribution < 1.29 is 72.5 Å². The van der Waals surface area contributed by atoms with Gasteiger partial charge in [-0.05, 0) is 77.1 Å². The molecular weight excluding hydrogens is 1110 g/mol. The zero-order valence-corrected chi connectivity index (χ0v) is 53.2. The average molecular weight is 1210 g/mol. The van der Waals surface area contributed by atoms with E-state index in [0.29, 0.717) is 94.4 Å². The number of carbonyl (C=O) groups excluding carboxylic acids is 5. The van der Waals surface area contributed by atoms with Crippen LogP contribution < -0.4 is 54.6 Å². The number of carboxylic acid groups (broad SMARTS) is 1. The van der Waals surface area contributed by atoms with Crippen LogP contribution in [0.2, 0.25) is 0 Å². The number of fused-ring (bicyclic) bond motifs is 6. The zero-order valence-electron chi connectivity index (χ0n) is 53.2. The van der Waals surface area contributed by atoms with Crippen molar-refractivity contribution >= 4 is 58.8 Å². The number of aliphatic hydroxyl groups excluding tert-OH is 2. The molecule has 0 aromatic heterocycles. The number of aliphatic hydroxyl groups is 2. The van der Waals surface area contributed by atoms with Gasteiger partial charge in [-0.2, -0.15) is 0 Å². The number of aliphatic carboxylic acids is 1. The first kappa shape index (κ1) is 72.7. The quantitative estimate of drug-likeness (QED) is 0.0804. The Morgan fingerprint density at radius 3 is 1.31 bits per heavy atom. The number of hydrogen-bond donors (Lipinski definition) is 6. The summed E-state index contributed by atoms with van der Waals surface area (Å²) in [5.41, 5.74) is 8.00. The van der Waals surface area contributed by atoms with Gasteiger partial charge in [0.2, 0.25) is 11.8 Å². The van der Waals surface area contributed by atoms with Gasteiger partial charge in [0.1, 0.15) is 12.5 Å². The van der Waals surface area contributed by atoms with Crippen molar-refractivity contribution in [2.24, 2.45) is 10.7 Å². The van der Waals surface area contributed by atoms with E-state index in [0.717, 1.165) is 51.6 Å². The number of nitrogens with zero attached hydrogens (tertiary/aromatic N) is 6. The van der Waals surface area contributed by atoms with E-state index in [9.17, 15) is 39.0 Å². The van der Waals surface area contributed by atoms with E-state index in [1.807, 2.05) is 73.4 Å². The normalized spacial score (nSPS) is 19.0. The fourth-order valence-corrected chi connectivity index (χ4v) is 10.3. The summed E-state index contributed by atoms with van der Waals surface area (Å²) in [6, 6.07) is 9.57. The number of ether oxygens (including phenoxy) is 6. The average Bonchev–Trinajstić information content (AvgIpc) is 1.96. The fourth-order valence-electron chi connectivity index (χ4n) is 10.3. The summed E-state index contributed by atoms with van der Waals surface area (Å²) >= 11 is 0. The molecule has 0 aliphatic carbocycles. The van der Waals surface area contributed by atoms with Crippen LogP contribution in [-0.2, 0) is 14.4 Å². The summed E-state index contributed by atoms with van der Waals surface area (Å²) in [5, 5.41) is 35.6. The lowest BCUT2D eigenvalue weighted by Gasteiger charge is -2.31. The maximum absolute atomic E-state index is 13.0. The fraction of sp³-hybridized carbons (Fsp3) is 0.597. The highest BCUT2D eigenvalue weighted by molar-refractivity contribution is 6.04. The predicted octanol–water partition coefficient (Wildman–Crippen LogP) is 6.86. The topological polar surface area (TPSA) is 297 Å². The summed E-state index contributed by atoms with van der Waals surface area (Å²) in [5.74, 6) is 1.13. The molecule has 9 rings (SSSR count). The third kappa shape index (κ3) is 18.5. The van der Waals surface area contributed by atoms with E-state index in [1.54, 1.807) is 70.1 Å². The van der Waals surface area contributed by atoms with Crippen LogP contribution in [0.15, 0.2) is 41.4 Å². The molecule has 3 saturated heterocycles. The number of methoxy groups -OCH3 is 3. The lowest BCUT2D eigenvalue weighted by atomic mass is 10.1. The third-order valence-corrected chi connectivity index (χ3v) is 14.3. The van der Waals surface area contributed by atoms with Crippen molar-refractivity contribution in [1.29, 1.82) is 0 Å². The van der Waals surface area contributed by atoms with Crippen LogP contribution in [0.1, 0.15) is 151 Å². The van der Waals surface area contributed by atoms with Gasteiger partial charge in [-0.25, -0.2) is 0 Å². The first-order valence-corrected chi connectivity index (χ1v) is 30.3. The molecule has 0 saturated carbocycles. The van der Waals surface area contributed by atoms with Gasteiger partial charge in [0, 0.05) is 71.2 Å². The van der Waals surface area contributed by atoms with Gasteiger partial charge in [0.05, 0.1) is 112 Å². The van der Waals surface area contributed by atoms with Crippen molar-refractivity contribution in [3.05, 3.63) is 53.1 Å². The molecule has 3 aromatic carbocycles. The van der Waals surface area contributed by atoms with Gasteiger partial charge in [0.15, 0.2) is 34.5 Å². The molecule has 0 unspecified atom stereocenters. The monoisotopic (exact) mass is 1210 g/mol. The summed E-state index contributed by atoms with van der Waals surface area (Å²) in [6.07, 6.45) is 5.79. The second-order valence-corrected chi connectivity index (χ2v) is 19.5. The molecule has 6 heterocycles. The molecule has 0 bridgehead atoms. The van der Waals surface area contributed by atoms with E-state index in [2.05, 4.69) is 15.6 Å². The number of nitrogens with two attached hydrogens (primary N) is 1. The van der Waals surface area contributed by atoms with Crippen LogP contribution >= 0.6 is 0 Å². The van der Waals surface area contributed by atoms with Gasteiger partial charge in [-0.1, -0.05) is 48.5 Å². The number of carbonyl (C=O) groups is 6. The van der Waals surface area contributed by atoms with Crippen molar-refractivity contribution in [2.45, 2.75) is 151 Å². The highest BCUT2D eigenvalue weighted by Gasteiger charge is 2.43. The van der Waals surface area contributed by atoms with Crippen molar-refractivity contribution in [3.63, 3.8) is 0 Å². The molecule has 6 aliphatic rings. The Balaban J connectivity index is 0.000000316. The Kier molecular flexibility index (Phi) is 31.3. The molecule has 24 heteroatoms. The Hall–Kier alpha value is -7.57. The number of carboxylic acids is 1. The maximum Gasteiger partial charge on any atom is 0.306 e. The minimum atomic E-state index is -0.961. The van der Waals surface area contributed by atoms with Gasteiger partial charge in [-0.3, -0.25) is 33.8 Å². The molecule has 6 aliphatic heterocycles. The molecule has 5 atom stereocenters. The van der Waals surface area contributed by atoms with Crippen LogP contribution in [0.3, 0.4) is 0 Å². The second kappa shape index (κ2) is 37.1. The van der Waals surface area contributed by atoms with Gasteiger partial charge in [-0.15, -0.1) is 0 Å². The van der Waals surface area contributed by atoms with Crippen LogP contribution in [0.5, 0.6) is 34.5 Å². The van der Waals surface area contributed by atoms with Gasteiger partial charge < -0.3 is 84.6 Å². The number of benzene rings is 3. The molecule has 0 spiro atoms. The Labute approximate surface area is 508 Å². The molecule has 24 nitrogen and oxygen atoms in total. The minimum absolute atomic E-state index is 0.0144. The van der Waals surface area contributed by atoms with Crippen LogP contribution in [-0.4, -0.2) is 197 Å². The Morgan fingerprint density at radius 2 is 0.919 bits per heavy atom. The third-order valence-electron chi connectivity index (χ3n) is 14.3. The van der Waals surface area contributed by atoms with E-state index in [1.165, 1.54) is 21.3 Å². The molecule has 3 fully saturated rings. The van der Waals surface area contributed by atoms with Crippen molar-refractivity contribution in [3.8, 4) is 34.5 Å². The van der Waals surface area contributed by atoms with Crippen LogP contribution in [0, 0.1) is 0 Å². The number of hydrogen-bond acceptors (Lipinski definition) is 18. The molecule has 86 heavy (non-hydrogen) atoms. The first-order valence-electron chi connectivity index (χ1n) is 30.3. The Morgan fingerprint density at radius 1 is 0.558 bits per heavy atom. The largest absolute Gasteiger partial charge is 0.493 e. The lowest BCUT2D eigenvalue weighted by molar-refractivity contribution is -0.137. The summed E-state index contributed by atoms with van der Waals surface area (Å²) < 4.78 is 33.0. The summed E-state index contributed by atoms with van der Waals surface area (Å²) in [4.78, 5) is 85.6. The molecule has 3 aromatic rings. The zero-order chi connectivity index (χ0) is 64.2. The molecule has 5 amide bonds. The van der Waals surface area contributed by atoms with Crippen molar-refractivity contribution in [2.75, 3.05) is 104 Å². The van der Waals surface area contributed by atoms with E-state index < -0.39 is 18.4 Å². The van der Waals surface area contributed by atoms with Crippen LogP contribution in [0.4, 0.5) is 17.1 Å². The van der Waals surface area contributed by atoms with Gasteiger partial charge >= 0.3 is 5.97 Å². The predicted molar refractivity (Wildman–Crippen MR) is 332 cm³/mol. The van der Waals surface area contributed by atoms with Gasteiger partial charge in [0.25, 0.3) is 17.7 Å². The Bertz CT molecular complexity index is 2710. The van der Waals surface area contributed by atoms with Crippen LogP contribution in [0.25, 0.3) is 0 Å². The number of aliphatic imine (C=N–C) groups is 1. The van der Waals surface area contributed by atoms with E-state index >= 15 is 0 Å². The molecule has 480 valence electrons. The van der Waals surface area contributed by atoms with Crippen molar-refractivity contribution in [1.82, 2.24) is 25.3 Å². The second-order valence-electron chi connectivity index (χ2n) is 19.5. The number of likely N-dealkylation sites (N-methyl/N-ethyl adjacent to an activating group) is 2. The highest BCUT2D eigenvalue weighted by Crippen LogP contribution is 2.43. The lowest BCUT2D eigenvalue weighted by Crippen LogP contribution is -2.47. The maximum atomic E-state index is 13.0. The first-order chi connectivity index (χ1) is 41.5. The van der Waals surface area contributed by atoms with E-state index in [4.69, 9.17) is 39.3 Å². The molecule has 0 radical (unpaired) electrons. The summed E-state index contributed by atoms with van der Waals surface area (Å²) in [7, 11) is 8.00. The number of amides is 5. The standard InChI is InChI=1S/C19H27N3O5.C18H23N3O4.C17H22N2O6.C2H7N.3C2H6/c1-4-20-17(23)7-9-27-16-11-14-12(10-15(16)26-3)18(24)22-8-5-6-13(22)19(25)21(14)2;1-3-19-17(22)6-8-25-16-10-14-13(9-15(16)24-2)18(23)21-7-4-5-12(21)11-20-14;1-18-12-9-14(25-7-5-15(20)21)13(24-2)8-10(12)16(22)19-6-3-4-11(19)17(18)23;1-2-3;3*1-2/h10-11,13,19,25H,4-9H2,1-3H3,(H,20,23);9-12H,3-8H2,1-2H3,(H,19,22);8-9,11,17,23H,3-7H2,1-2H3,(H,20,21);2-3H2,1H3;3*1-2H3/t13-,19-;12-;11-,17-;;;;/m000..../s1. The smallest absolute Gasteiger partial charge is 0.306 e. The highest BCUT2D eigenvalue weighted by atomic mass is 16.5. The molecular formula is C62H97N9O15. The number of rotatable bonds is 17. The minimum Gasteiger partial charge on any atom is -0.493 e. The number of nitrogens with one attached hydrogen (secondary N) is 2. The van der Waals surface area contributed by atoms with E-state index in [-0.39, 0.29) is 86.7 Å². The SMILES string of the molecule is CC.CC.CC.CCN.CCNC(=O)CCOc1cc2c(cc1OC)C(=O)N1CCC[C@H]1C=N2.CCNC(=O)CCOc1cc2c(cc1OC)C(=O)N1CCC[C@H]1[C@H](O)N2C.COc1cc2c(cc1OCCC(=O)O)N(C)[C@@H](O)[C@@H]1CCCN1C2=O.